The second-order valence-electron chi connectivity index (χ2n) is 6.99. The first-order chi connectivity index (χ1) is 14.3. The smallest absolute Gasteiger partial charge is 0.338 e. The molecule has 8 nitrogen and oxygen atoms in total. The van der Waals surface area contributed by atoms with Crippen molar-refractivity contribution in [2.75, 3.05) is 18.2 Å². The van der Waals surface area contributed by atoms with Crippen LogP contribution in [0.1, 0.15) is 41.4 Å². The van der Waals surface area contributed by atoms with Gasteiger partial charge in [0.1, 0.15) is 0 Å². The average Bonchev–Trinajstić information content (AvgIpc) is 2.71. The van der Waals surface area contributed by atoms with E-state index in [0.29, 0.717) is 17.3 Å². The highest BCUT2D eigenvalue weighted by atomic mass is 32.2. The molecule has 3 rings (SSSR count). The SMILES string of the molecule is COC(=O)c1cc(C)nc2nc(SCC(=O)Nc3ccc(C(C)C)cc3)[nH]c(=O)c12. The van der Waals surface area contributed by atoms with Gasteiger partial charge in [-0.1, -0.05) is 37.7 Å². The Balaban J connectivity index is 1.75. The van der Waals surface area contributed by atoms with Gasteiger partial charge in [0.2, 0.25) is 5.91 Å². The molecule has 0 spiro atoms. The summed E-state index contributed by atoms with van der Waals surface area (Å²) in [7, 11) is 1.24. The largest absolute Gasteiger partial charge is 0.465 e. The van der Waals surface area contributed by atoms with Crippen molar-refractivity contribution in [3.8, 4) is 0 Å². The quantitative estimate of drug-likeness (QED) is 0.353. The number of fused-ring (bicyclic) bond motifs is 1. The lowest BCUT2D eigenvalue weighted by molar-refractivity contribution is -0.113. The fourth-order valence-electron chi connectivity index (χ4n) is 2.87. The van der Waals surface area contributed by atoms with Gasteiger partial charge in [-0.05, 0) is 36.6 Å². The maximum atomic E-state index is 12.5. The normalized spacial score (nSPS) is 11.0. The number of ether oxygens (including phenoxy) is 1. The number of hydrogen-bond donors (Lipinski definition) is 2. The van der Waals surface area contributed by atoms with Crippen molar-refractivity contribution in [2.45, 2.75) is 31.8 Å². The summed E-state index contributed by atoms with van der Waals surface area (Å²) in [4.78, 5) is 47.9. The molecule has 2 N–H and O–H groups in total. The minimum absolute atomic E-state index is 0.0516. The van der Waals surface area contributed by atoms with Crippen LogP contribution >= 0.6 is 11.8 Å². The predicted molar refractivity (Wildman–Crippen MR) is 116 cm³/mol. The van der Waals surface area contributed by atoms with E-state index in [1.165, 1.54) is 18.7 Å². The predicted octanol–water partition coefficient (Wildman–Crippen LogP) is 3.27. The zero-order valence-corrected chi connectivity index (χ0v) is 17.9. The summed E-state index contributed by atoms with van der Waals surface area (Å²) >= 11 is 1.08. The summed E-state index contributed by atoms with van der Waals surface area (Å²) in [6.07, 6.45) is 0. The molecule has 0 unspecified atom stereocenters. The zero-order chi connectivity index (χ0) is 21.8. The number of carbonyl (C=O) groups excluding carboxylic acids is 2. The number of methoxy groups -OCH3 is 1. The second kappa shape index (κ2) is 9.08. The number of carbonyl (C=O) groups is 2. The van der Waals surface area contributed by atoms with Crippen molar-refractivity contribution in [3.63, 3.8) is 0 Å². The molecule has 0 aliphatic rings. The Kier molecular flexibility index (Phi) is 6.51. The molecule has 1 aromatic carbocycles. The number of thioether (sulfide) groups is 1. The van der Waals surface area contributed by atoms with Crippen molar-refractivity contribution >= 4 is 40.4 Å². The minimum atomic E-state index is -0.638. The molecule has 30 heavy (non-hydrogen) atoms. The maximum Gasteiger partial charge on any atom is 0.338 e. The standard InChI is InChI=1S/C21H22N4O4S/c1-11(2)13-5-7-14(8-6-13)23-16(26)10-30-21-24-18-17(19(27)25-21)15(20(28)29-4)9-12(3)22-18/h5-9,11H,10H2,1-4H3,(H,23,26)(H,22,24,25,27). The average molecular weight is 426 g/mol. The van der Waals surface area contributed by atoms with Gasteiger partial charge in [-0.25, -0.2) is 14.8 Å². The number of pyridine rings is 1. The van der Waals surface area contributed by atoms with Gasteiger partial charge in [0, 0.05) is 11.4 Å². The molecule has 2 heterocycles. The monoisotopic (exact) mass is 426 g/mol. The van der Waals surface area contributed by atoms with Crippen molar-refractivity contribution in [1.82, 2.24) is 15.0 Å². The van der Waals surface area contributed by atoms with Crippen LogP contribution in [0.25, 0.3) is 11.0 Å². The van der Waals surface area contributed by atoms with Crippen LogP contribution in [0.3, 0.4) is 0 Å². The Morgan fingerprint density at radius 1 is 1.20 bits per heavy atom. The van der Waals surface area contributed by atoms with Crippen LogP contribution in [-0.4, -0.2) is 39.7 Å². The number of aromatic nitrogens is 3. The molecule has 0 saturated carbocycles. The van der Waals surface area contributed by atoms with Gasteiger partial charge in [0.05, 0.1) is 23.8 Å². The van der Waals surface area contributed by atoms with Crippen LogP contribution in [0.5, 0.6) is 0 Å². The number of nitrogens with zero attached hydrogens (tertiary/aromatic N) is 2. The third-order valence-corrected chi connectivity index (χ3v) is 5.26. The first-order valence-corrected chi connectivity index (χ1v) is 10.3. The molecule has 1 amide bonds. The fraction of sp³-hybridized carbons (Fsp3) is 0.286. The molecule has 3 aromatic rings. The Morgan fingerprint density at radius 3 is 2.53 bits per heavy atom. The summed E-state index contributed by atoms with van der Waals surface area (Å²) in [6.45, 7) is 5.90. The number of nitrogens with one attached hydrogen (secondary N) is 2. The van der Waals surface area contributed by atoms with Gasteiger partial charge in [-0.2, -0.15) is 0 Å². The van der Waals surface area contributed by atoms with E-state index >= 15 is 0 Å². The Labute approximate surface area is 177 Å². The number of aryl methyl sites for hydroxylation is 1. The summed E-state index contributed by atoms with van der Waals surface area (Å²) in [5, 5.41) is 3.12. The van der Waals surface area contributed by atoms with E-state index in [-0.39, 0.29) is 33.4 Å². The van der Waals surface area contributed by atoms with Crippen LogP contribution < -0.4 is 10.9 Å². The third kappa shape index (κ3) is 4.85. The Hall–Kier alpha value is -3.20. The number of rotatable bonds is 6. The molecule has 0 atom stereocenters. The van der Waals surface area contributed by atoms with Crippen molar-refractivity contribution in [3.05, 3.63) is 57.5 Å². The summed E-state index contributed by atoms with van der Waals surface area (Å²) in [6, 6.07) is 9.14. The van der Waals surface area contributed by atoms with E-state index in [4.69, 9.17) is 4.74 Å². The number of H-pyrrole nitrogens is 1. The molecule has 0 aliphatic heterocycles. The highest BCUT2D eigenvalue weighted by Crippen LogP contribution is 2.20. The first kappa shape index (κ1) is 21.5. The van der Waals surface area contributed by atoms with E-state index in [1.807, 2.05) is 24.3 Å². The molecular weight excluding hydrogens is 404 g/mol. The van der Waals surface area contributed by atoms with Crippen LogP contribution in [0.15, 0.2) is 40.3 Å². The number of benzene rings is 1. The molecule has 0 radical (unpaired) electrons. The highest BCUT2D eigenvalue weighted by molar-refractivity contribution is 7.99. The van der Waals surface area contributed by atoms with Gasteiger partial charge >= 0.3 is 5.97 Å². The molecule has 156 valence electrons. The van der Waals surface area contributed by atoms with Crippen LogP contribution in [0, 0.1) is 6.92 Å². The van der Waals surface area contributed by atoms with E-state index in [1.54, 1.807) is 6.92 Å². The number of anilines is 1. The van der Waals surface area contributed by atoms with Gasteiger partial charge in [-0.3, -0.25) is 9.59 Å². The summed E-state index contributed by atoms with van der Waals surface area (Å²) < 4.78 is 4.74. The zero-order valence-electron chi connectivity index (χ0n) is 17.1. The highest BCUT2D eigenvalue weighted by Gasteiger charge is 2.18. The summed E-state index contributed by atoms with van der Waals surface area (Å²) in [5.41, 5.74) is 2.14. The van der Waals surface area contributed by atoms with E-state index in [0.717, 1.165) is 11.8 Å². The lowest BCUT2D eigenvalue weighted by atomic mass is 10.0. The number of aromatic amines is 1. The molecule has 0 bridgehead atoms. The van der Waals surface area contributed by atoms with E-state index < -0.39 is 11.5 Å². The molecular formula is C21H22N4O4S. The van der Waals surface area contributed by atoms with Crippen molar-refractivity contribution < 1.29 is 14.3 Å². The minimum Gasteiger partial charge on any atom is -0.465 e. The first-order valence-electron chi connectivity index (χ1n) is 9.31. The number of esters is 1. The maximum absolute atomic E-state index is 12.5. The van der Waals surface area contributed by atoms with Crippen LogP contribution in [0.4, 0.5) is 5.69 Å². The van der Waals surface area contributed by atoms with E-state index in [2.05, 4.69) is 34.1 Å². The molecule has 9 heteroatoms. The Morgan fingerprint density at radius 2 is 1.90 bits per heavy atom. The number of amides is 1. The van der Waals surface area contributed by atoms with Crippen LogP contribution in [0.2, 0.25) is 0 Å². The van der Waals surface area contributed by atoms with Gasteiger partial charge in [0.15, 0.2) is 10.8 Å². The van der Waals surface area contributed by atoms with Crippen LogP contribution in [-0.2, 0) is 9.53 Å². The van der Waals surface area contributed by atoms with Crippen molar-refractivity contribution in [1.29, 1.82) is 0 Å². The topological polar surface area (TPSA) is 114 Å². The third-order valence-electron chi connectivity index (χ3n) is 4.39. The van der Waals surface area contributed by atoms with Gasteiger partial charge in [-0.15, -0.1) is 0 Å². The molecule has 0 saturated heterocycles. The lowest BCUT2D eigenvalue weighted by Crippen LogP contribution is -2.17. The summed E-state index contributed by atoms with van der Waals surface area (Å²) in [5.74, 6) is -0.401. The number of hydrogen-bond acceptors (Lipinski definition) is 7. The lowest BCUT2D eigenvalue weighted by Gasteiger charge is -2.09. The van der Waals surface area contributed by atoms with Crippen molar-refractivity contribution in [2.24, 2.45) is 0 Å². The Bertz CT molecular complexity index is 1160. The molecule has 2 aromatic heterocycles. The van der Waals surface area contributed by atoms with Gasteiger partial charge in [0.25, 0.3) is 5.56 Å². The fourth-order valence-corrected chi connectivity index (χ4v) is 3.52. The van der Waals surface area contributed by atoms with Gasteiger partial charge < -0.3 is 15.0 Å². The second-order valence-corrected chi connectivity index (χ2v) is 7.95. The molecule has 0 aliphatic carbocycles. The molecule has 0 fully saturated rings. The van der Waals surface area contributed by atoms with E-state index in [9.17, 15) is 14.4 Å².